The maximum absolute atomic E-state index is 11.5. The van der Waals surface area contributed by atoms with Crippen molar-refractivity contribution in [3.05, 3.63) is 29.8 Å². The Kier molecular flexibility index (Phi) is 4.86. The van der Waals surface area contributed by atoms with E-state index in [1.807, 2.05) is 0 Å². The number of carbonyl (C=O) groups is 1. The summed E-state index contributed by atoms with van der Waals surface area (Å²) in [7, 11) is -3.17. The molecule has 5 nitrogen and oxygen atoms in total. The Morgan fingerprint density at radius 2 is 1.89 bits per heavy atom. The van der Waals surface area contributed by atoms with Crippen molar-refractivity contribution in [1.82, 2.24) is 5.32 Å². The van der Waals surface area contributed by atoms with Crippen LogP contribution in [0.2, 0.25) is 0 Å². The van der Waals surface area contributed by atoms with E-state index in [2.05, 4.69) is 5.32 Å². The minimum Gasteiger partial charge on any atom is -0.352 e. The van der Waals surface area contributed by atoms with Gasteiger partial charge < -0.3 is 11.1 Å². The van der Waals surface area contributed by atoms with Gasteiger partial charge in [0.1, 0.15) is 0 Å². The van der Waals surface area contributed by atoms with E-state index in [-0.39, 0.29) is 16.7 Å². The number of sulfone groups is 1. The molecule has 6 heteroatoms. The van der Waals surface area contributed by atoms with E-state index in [9.17, 15) is 13.2 Å². The minimum atomic E-state index is -3.17. The van der Waals surface area contributed by atoms with Gasteiger partial charge in [0.25, 0.3) is 0 Å². The monoisotopic (exact) mass is 270 g/mol. The maximum atomic E-state index is 11.5. The molecule has 0 heterocycles. The average molecular weight is 270 g/mol. The average Bonchev–Trinajstić information content (AvgIpc) is 2.34. The van der Waals surface area contributed by atoms with Crippen LogP contribution in [-0.4, -0.2) is 27.1 Å². The van der Waals surface area contributed by atoms with Crippen LogP contribution in [0, 0.1) is 5.92 Å². The van der Waals surface area contributed by atoms with Crippen LogP contribution in [0.15, 0.2) is 29.2 Å². The van der Waals surface area contributed by atoms with E-state index >= 15 is 0 Å². The summed E-state index contributed by atoms with van der Waals surface area (Å²) in [5.74, 6) is -0.329. The largest absolute Gasteiger partial charge is 0.352 e. The van der Waals surface area contributed by atoms with Gasteiger partial charge in [-0.1, -0.05) is 19.1 Å². The molecule has 0 aliphatic carbocycles. The molecule has 100 valence electrons. The predicted octanol–water partition coefficient (Wildman–Crippen LogP) is 0.301. The van der Waals surface area contributed by atoms with Crippen LogP contribution in [0.5, 0.6) is 0 Å². The second kappa shape index (κ2) is 5.97. The molecule has 0 radical (unpaired) electrons. The number of amides is 1. The van der Waals surface area contributed by atoms with Gasteiger partial charge in [-0.05, 0) is 17.7 Å². The van der Waals surface area contributed by atoms with Crippen molar-refractivity contribution in [2.75, 3.05) is 12.8 Å². The third kappa shape index (κ3) is 4.12. The molecule has 1 aromatic carbocycles. The number of nitrogens with two attached hydrogens (primary N) is 1. The lowest BCUT2D eigenvalue weighted by Crippen LogP contribution is -2.32. The maximum Gasteiger partial charge on any atom is 0.224 e. The number of nitrogens with one attached hydrogen (secondary N) is 1. The van der Waals surface area contributed by atoms with Crippen molar-refractivity contribution in [3.63, 3.8) is 0 Å². The highest BCUT2D eigenvalue weighted by atomic mass is 32.2. The van der Waals surface area contributed by atoms with Crippen LogP contribution in [-0.2, 0) is 21.2 Å². The van der Waals surface area contributed by atoms with Crippen LogP contribution in [0.4, 0.5) is 0 Å². The van der Waals surface area contributed by atoms with Gasteiger partial charge >= 0.3 is 0 Å². The molecule has 3 N–H and O–H groups in total. The molecule has 1 aromatic rings. The summed E-state index contributed by atoms with van der Waals surface area (Å²) >= 11 is 0. The van der Waals surface area contributed by atoms with Gasteiger partial charge in [0.15, 0.2) is 9.84 Å². The van der Waals surface area contributed by atoms with Crippen LogP contribution >= 0.6 is 0 Å². The highest BCUT2D eigenvalue weighted by Gasteiger charge is 2.10. The van der Waals surface area contributed by atoms with Gasteiger partial charge in [-0.3, -0.25) is 4.79 Å². The Balaban J connectivity index is 2.63. The highest BCUT2D eigenvalue weighted by molar-refractivity contribution is 7.90. The van der Waals surface area contributed by atoms with Crippen LogP contribution in [0.25, 0.3) is 0 Å². The Hall–Kier alpha value is -1.40. The Labute approximate surface area is 107 Å². The van der Waals surface area contributed by atoms with Gasteiger partial charge in [-0.2, -0.15) is 0 Å². The quantitative estimate of drug-likeness (QED) is 0.805. The van der Waals surface area contributed by atoms with Crippen molar-refractivity contribution in [1.29, 1.82) is 0 Å². The molecule has 0 saturated carbocycles. The Morgan fingerprint density at radius 3 is 2.33 bits per heavy atom. The Morgan fingerprint density at radius 1 is 1.33 bits per heavy atom. The second-order valence-electron chi connectivity index (χ2n) is 4.27. The van der Waals surface area contributed by atoms with Gasteiger partial charge in [-0.15, -0.1) is 0 Å². The van der Waals surface area contributed by atoms with Gasteiger partial charge in [-0.25, -0.2) is 8.42 Å². The molecular weight excluding hydrogens is 252 g/mol. The first kappa shape index (κ1) is 14.7. The van der Waals surface area contributed by atoms with Crippen LogP contribution in [0.3, 0.4) is 0 Å². The molecule has 18 heavy (non-hydrogen) atoms. The van der Waals surface area contributed by atoms with Gasteiger partial charge in [0.05, 0.1) is 4.90 Å². The first-order chi connectivity index (χ1) is 8.34. The minimum absolute atomic E-state index is 0.107. The molecule has 1 rings (SSSR count). The number of rotatable bonds is 5. The fraction of sp³-hybridized carbons (Fsp3) is 0.417. The summed E-state index contributed by atoms with van der Waals surface area (Å²) in [6.07, 6.45) is 1.16. The molecular formula is C12H18N2O3S. The molecule has 0 fully saturated rings. The zero-order valence-corrected chi connectivity index (χ0v) is 11.3. The van der Waals surface area contributed by atoms with E-state index in [1.165, 1.54) is 12.1 Å². The predicted molar refractivity (Wildman–Crippen MR) is 69.6 cm³/mol. The van der Waals surface area contributed by atoms with Gasteiger partial charge in [0.2, 0.25) is 5.91 Å². The lowest BCUT2D eigenvalue weighted by Gasteiger charge is -2.10. The van der Waals surface area contributed by atoms with E-state index in [4.69, 9.17) is 5.73 Å². The molecule has 1 amide bonds. The summed E-state index contributed by atoms with van der Waals surface area (Å²) in [4.78, 5) is 11.8. The van der Waals surface area contributed by atoms with Gasteiger partial charge in [0, 0.05) is 25.3 Å². The summed E-state index contributed by atoms with van der Waals surface area (Å²) in [5, 5.41) is 2.74. The Bertz CT molecular complexity index is 509. The molecule has 0 aliphatic rings. The van der Waals surface area contributed by atoms with E-state index in [1.54, 1.807) is 19.1 Å². The van der Waals surface area contributed by atoms with Crippen molar-refractivity contribution in [2.45, 2.75) is 18.4 Å². The highest BCUT2D eigenvalue weighted by Crippen LogP contribution is 2.10. The smallest absolute Gasteiger partial charge is 0.224 e. The number of hydrogen-bond donors (Lipinski definition) is 2. The topological polar surface area (TPSA) is 89.3 Å². The van der Waals surface area contributed by atoms with E-state index < -0.39 is 9.84 Å². The third-order valence-electron chi connectivity index (χ3n) is 2.62. The van der Waals surface area contributed by atoms with E-state index in [0.717, 1.165) is 11.8 Å². The molecule has 1 unspecified atom stereocenters. The van der Waals surface area contributed by atoms with Crippen molar-refractivity contribution in [2.24, 2.45) is 11.7 Å². The SMILES string of the molecule is CC(CN)C(=O)NCc1ccc(S(C)(=O)=O)cc1. The van der Waals surface area contributed by atoms with Crippen LogP contribution < -0.4 is 11.1 Å². The standard InChI is InChI=1S/C12H18N2O3S/c1-9(7-13)12(15)14-8-10-3-5-11(6-4-10)18(2,16)17/h3-6,9H,7-8,13H2,1-2H3,(H,14,15). The number of hydrogen-bond acceptors (Lipinski definition) is 4. The summed E-state index contributed by atoms with van der Waals surface area (Å²) in [6, 6.07) is 6.43. The lowest BCUT2D eigenvalue weighted by atomic mass is 10.1. The number of benzene rings is 1. The lowest BCUT2D eigenvalue weighted by molar-refractivity contribution is -0.124. The normalized spacial score (nSPS) is 13.1. The van der Waals surface area contributed by atoms with Crippen LogP contribution in [0.1, 0.15) is 12.5 Å². The van der Waals surface area contributed by atoms with Crippen molar-refractivity contribution < 1.29 is 13.2 Å². The molecule has 0 aromatic heterocycles. The zero-order chi connectivity index (χ0) is 13.8. The zero-order valence-electron chi connectivity index (χ0n) is 10.5. The molecule has 0 aliphatic heterocycles. The second-order valence-corrected chi connectivity index (χ2v) is 6.29. The summed E-state index contributed by atoms with van der Waals surface area (Å²) in [5.41, 5.74) is 6.23. The fourth-order valence-corrected chi connectivity index (χ4v) is 1.96. The third-order valence-corrected chi connectivity index (χ3v) is 3.75. The summed E-state index contributed by atoms with van der Waals surface area (Å²) < 4.78 is 22.5. The number of carbonyl (C=O) groups excluding carboxylic acids is 1. The molecule has 0 bridgehead atoms. The van der Waals surface area contributed by atoms with Crippen molar-refractivity contribution >= 4 is 15.7 Å². The first-order valence-electron chi connectivity index (χ1n) is 5.61. The fourth-order valence-electron chi connectivity index (χ4n) is 1.32. The molecule has 1 atom stereocenters. The summed E-state index contributed by atoms with van der Waals surface area (Å²) in [6.45, 7) is 2.42. The first-order valence-corrected chi connectivity index (χ1v) is 7.50. The molecule has 0 saturated heterocycles. The van der Waals surface area contributed by atoms with E-state index in [0.29, 0.717) is 13.1 Å². The molecule has 0 spiro atoms. The van der Waals surface area contributed by atoms with Crippen molar-refractivity contribution in [3.8, 4) is 0 Å².